The summed E-state index contributed by atoms with van der Waals surface area (Å²) in [6.45, 7) is 3.96. The van der Waals surface area contributed by atoms with Gasteiger partial charge < -0.3 is 19.2 Å². The maximum atomic E-state index is 12.0. The molecule has 0 unspecified atom stereocenters. The maximum absolute atomic E-state index is 12.0. The van der Waals surface area contributed by atoms with E-state index < -0.39 is 0 Å². The van der Waals surface area contributed by atoms with Gasteiger partial charge in [0.25, 0.3) is 5.91 Å². The molecular weight excluding hydrogens is 270 g/mol. The third-order valence-electron chi connectivity index (χ3n) is 2.80. The fraction of sp³-hybridized carbons (Fsp3) is 0.312. The van der Waals surface area contributed by atoms with Gasteiger partial charge in [0.2, 0.25) is 0 Å². The van der Waals surface area contributed by atoms with Crippen molar-refractivity contribution in [2.24, 2.45) is 0 Å². The predicted molar refractivity (Wildman–Crippen MR) is 78.3 cm³/mol. The van der Waals surface area contributed by atoms with Gasteiger partial charge in [-0.15, -0.1) is 0 Å². The van der Waals surface area contributed by atoms with Crippen LogP contribution in [-0.4, -0.2) is 25.7 Å². The molecule has 21 heavy (non-hydrogen) atoms. The highest BCUT2D eigenvalue weighted by Crippen LogP contribution is 2.13. The van der Waals surface area contributed by atoms with Gasteiger partial charge >= 0.3 is 0 Å². The summed E-state index contributed by atoms with van der Waals surface area (Å²) in [6.07, 6.45) is 1.58. The zero-order valence-electron chi connectivity index (χ0n) is 12.0. The van der Waals surface area contributed by atoms with Gasteiger partial charge in [-0.1, -0.05) is 6.07 Å². The minimum atomic E-state index is -0.165. The molecule has 0 bridgehead atoms. The van der Waals surface area contributed by atoms with Crippen LogP contribution >= 0.6 is 0 Å². The Hall–Kier alpha value is -2.27. The second-order valence-electron chi connectivity index (χ2n) is 4.34. The van der Waals surface area contributed by atoms with E-state index in [1.807, 2.05) is 19.1 Å². The number of hydrogen-bond donors (Lipinski definition) is 1. The number of ether oxygens (including phenoxy) is 2. The van der Waals surface area contributed by atoms with Gasteiger partial charge in [0.1, 0.15) is 18.1 Å². The molecule has 5 nitrogen and oxygen atoms in total. The van der Waals surface area contributed by atoms with Crippen molar-refractivity contribution in [1.82, 2.24) is 5.32 Å². The quantitative estimate of drug-likeness (QED) is 0.759. The second-order valence-corrected chi connectivity index (χ2v) is 4.34. The first-order chi connectivity index (χ1) is 10.3. The number of hydrogen-bond acceptors (Lipinski definition) is 4. The Balaban J connectivity index is 1.85. The Morgan fingerprint density at radius 2 is 2.14 bits per heavy atom. The average Bonchev–Trinajstić information content (AvgIpc) is 3.03. The van der Waals surface area contributed by atoms with Crippen LogP contribution in [0.1, 0.15) is 23.0 Å². The molecule has 2 aromatic rings. The van der Waals surface area contributed by atoms with Crippen LogP contribution in [0.4, 0.5) is 0 Å². The molecule has 1 aromatic carbocycles. The molecule has 5 heteroatoms. The average molecular weight is 289 g/mol. The molecule has 0 atom stereocenters. The van der Waals surface area contributed by atoms with Crippen LogP contribution in [-0.2, 0) is 11.3 Å². The minimum Gasteiger partial charge on any atom is -0.491 e. The Morgan fingerprint density at radius 1 is 1.24 bits per heavy atom. The lowest BCUT2D eigenvalue weighted by molar-refractivity contribution is 0.0946. The third kappa shape index (κ3) is 4.96. The Kier molecular flexibility index (Phi) is 5.84. The van der Waals surface area contributed by atoms with Crippen LogP contribution in [0.2, 0.25) is 0 Å². The minimum absolute atomic E-state index is 0.165. The summed E-state index contributed by atoms with van der Waals surface area (Å²) in [7, 11) is 0. The standard InChI is InChI=1S/C16H19NO4/c1-2-19-9-10-21-14-6-3-5-13(11-14)16(18)17-12-15-7-4-8-20-15/h3-8,11H,2,9-10,12H2,1H3,(H,17,18). The molecule has 1 aromatic heterocycles. The summed E-state index contributed by atoms with van der Waals surface area (Å²) in [5.74, 6) is 1.20. The number of benzene rings is 1. The van der Waals surface area contributed by atoms with Crippen LogP contribution in [0.25, 0.3) is 0 Å². The molecule has 112 valence electrons. The van der Waals surface area contributed by atoms with Gasteiger partial charge in [-0.3, -0.25) is 4.79 Å². The van der Waals surface area contributed by atoms with Crippen LogP contribution in [0.5, 0.6) is 5.75 Å². The van der Waals surface area contributed by atoms with Crippen LogP contribution in [0.3, 0.4) is 0 Å². The number of furan rings is 1. The van der Waals surface area contributed by atoms with Crippen molar-refractivity contribution in [3.8, 4) is 5.75 Å². The second kappa shape index (κ2) is 8.11. The lowest BCUT2D eigenvalue weighted by Gasteiger charge is -2.08. The van der Waals surface area contributed by atoms with Crippen LogP contribution in [0.15, 0.2) is 47.1 Å². The molecule has 1 amide bonds. The molecule has 0 aliphatic rings. The summed E-state index contributed by atoms with van der Waals surface area (Å²) in [5, 5.41) is 2.79. The summed E-state index contributed by atoms with van der Waals surface area (Å²) in [6, 6.07) is 10.7. The third-order valence-corrected chi connectivity index (χ3v) is 2.80. The molecule has 1 heterocycles. The highest BCUT2D eigenvalue weighted by atomic mass is 16.5. The Morgan fingerprint density at radius 3 is 2.90 bits per heavy atom. The largest absolute Gasteiger partial charge is 0.491 e. The van der Waals surface area contributed by atoms with E-state index in [2.05, 4.69) is 5.32 Å². The molecular formula is C16H19NO4. The van der Waals surface area contributed by atoms with E-state index in [1.165, 1.54) is 0 Å². The predicted octanol–water partition coefficient (Wildman–Crippen LogP) is 2.62. The van der Waals surface area contributed by atoms with Crippen LogP contribution in [0, 0.1) is 0 Å². The number of carbonyl (C=O) groups excluding carboxylic acids is 1. The van der Waals surface area contributed by atoms with Crippen LogP contribution < -0.4 is 10.1 Å². The molecule has 0 spiro atoms. The van der Waals surface area contributed by atoms with Gasteiger partial charge in [-0.2, -0.15) is 0 Å². The molecule has 1 N–H and O–H groups in total. The van der Waals surface area contributed by atoms with Crippen molar-refractivity contribution in [3.63, 3.8) is 0 Å². The smallest absolute Gasteiger partial charge is 0.251 e. The molecule has 0 aliphatic heterocycles. The van der Waals surface area contributed by atoms with Crippen molar-refractivity contribution in [1.29, 1.82) is 0 Å². The molecule has 0 aliphatic carbocycles. The monoisotopic (exact) mass is 289 g/mol. The van der Waals surface area contributed by atoms with E-state index in [4.69, 9.17) is 13.9 Å². The maximum Gasteiger partial charge on any atom is 0.251 e. The highest BCUT2D eigenvalue weighted by Gasteiger charge is 2.07. The Labute approximate surface area is 123 Å². The highest BCUT2D eigenvalue weighted by molar-refractivity contribution is 5.94. The van der Waals surface area contributed by atoms with E-state index in [9.17, 15) is 4.79 Å². The molecule has 0 saturated heterocycles. The summed E-state index contributed by atoms with van der Waals surface area (Å²) in [5.41, 5.74) is 0.551. The van der Waals surface area contributed by atoms with E-state index >= 15 is 0 Å². The number of nitrogens with one attached hydrogen (secondary N) is 1. The molecule has 0 radical (unpaired) electrons. The number of carbonyl (C=O) groups is 1. The summed E-state index contributed by atoms with van der Waals surface area (Å²) in [4.78, 5) is 12.0. The summed E-state index contributed by atoms with van der Waals surface area (Å²) < 4.78 is 15.9. The zero-order valence-corrected chi connectivity index (χ0v) is 12.0. The fourth-order valence-electron chi connectivity index (χ4n) is 1.77. The molecule has 2 rings (SSSR count). The van der Waals surface area contributed by atoms with Crippen molar-refractivity contribution < 1.29 is 18.7 Å². The van der Waals surface area contributed by atoms with E-state index in [0.29, 0.717) is 43.4 Å². The topological polar surface area (TPSA) is 60.7 Å². The van der Waals surface area contributed by atoms with Crippen molar-refractivity contribution in [2.45, 2.75) is 13.5 Å². The van der Waals surface area contributed by atoms with E-state index in [1.54, 1.807) is 30.5 Å². The van der Waals surface area contributed by atoms with Crippen molar-refractivity contribution in [3.05, 3.63) is 54.0 Å². The van der Waals surface area contributed by atoms with Gasteiger partial charge in [-0.25, -0.2) is 0 Å². The zero-order chi connectivity index (χ0) is 14.9. The van der Waals surface area contributed by atoms with Gasteiger partial charge in [0.15, 0.2) is 0 Å². The Bertz CT molecular complexity index is 551. The SMILES string of the molecule is CCOCCOc1cccc(C(=O)NCc2ccco2)c1. The first kappa shape index (κ1) is 15.1. The van der Waals surface area contributed by atoms with Gasteiger partial charge in [-0.05, 0) is 37.3 Å². The van der Waals surface area contributed by atoms with Crippen molar-refractivity contribution in [2.75, 3.05) is 19.8 Å². The number of amides is 1. The first-order valence-corrected chi connectivity index (χ1v) is 6.91. The van der Waals surface area contributed by atoms with Gasteiger partial charge in [0.05, 0.1) is 19.4 Å². The fourth-order valence-corrected chi connectivity index (χ4v) is 1.77. The van der Waals surface area contributed by atoms with E-state index in [0.717, 1.165) is 0 Å². The first-order valence-electron chi connectivity index (χ1n) is 6.91. The lowest BCUT2D eigenvalue weighted by Crippen LogP contribution is -2.22. The van der Waals surface area contributed by atoms with Crippen molar-refractivity contribution >= 4 is 5.91 Å². The molecule has 0 fully saturated rings. The van der Waals surface area contributed by atoms with Gasteiger partial charge in [0, 0.05) is 12.2 Å². The van der Waals surface area contributed by atoms with E-state index in [-0.39, 0.29) is 5.91 Å². The molecule has 0 saturated carbocycles. The summed E-state index contributed by atoms with van der Waals surface area (Å²) >= 11 is 0. The lowest BCUT2D eigenvalue weighted by atomic mass is 10.2. The number of rotatable bonds is 8. The normalized spacial score (nSPS) is 10.3.